The van der Waals surface area contributed by atoms with Crippen molar-refractivity contribution in [3.05, 3.63) is 29.3 Å². The van der Waals surface area contributed by atoms with Crippen LogP contribution in [0.1, 0.15) is 15.9 Å². The van der Waals surface area contributed by atoms with Crippen LogP contribution in [0.2, 0.25) is 0 Å². The Balaban J connectivity index is 3.08. The van der Waals surface area contributed by atoms with E-state index in [1.54, 1.807) is 0 Å². The Bertz CT molecular complexity index is 486. The molecule has 0 radical (unpaired) electrons. The van der Waals surface area contributed by atoms with Crippen molar-refractivity contribution in [2.24, 2.45) is 0 Å². The van der Waals surface area contributed by atoms with Gasteiger partial charge in [0.05, 0.1) is 11.1 Å². The van der Waals surface area contributed by atoms with Crippen molar-refractivity contribution >= 4 is 17.6 Å². The van der Waals surface area contributed by atoms with E-state index in [0.717, 1.165) is 12.1 Å². The topological polar surface area (TPSA) is 92.4 Å². The van der Waals surface area contributed by atoms with Gasteiger partial charge in [0.2, 0.25) is 0 Å². The third-order valence-electron chi connectivity index (χ3n) is 1.99. The van der Waals surface area contributed by atoms with Crippen molar-refractivity contribution < 1.29 is 27.9 Å². The van der Waals surface area contributed by atoms with Gasteiger partial charge in [-0.1, -0.05) is 0 Å². The fraction of sp³-hybridized carbons (Fsp3) is 0.200. The molecule has 1 amide bonds. The van der Waals surface area contributed by atoms with Gasteiger partial charge in [0.15, 0.2) is 0 Å². The molecule has 4 N–H and O–H groups in total. The lowest BCUT2D eigenvalue weighted by Crippen LogP contribution is -2.31. The number of carboxylic acids is 1. The lowest BCUT2D eigenvalue weighted by atomic mass is 10.1. The van der Waals surface area contributed by atoms with Gasteiger partial charge in [0, 0.05) is 5.69 Å². The van der Waals surface area contributed by atoms with Crippen molar-refractivity contribution in [1.29, 1.82) is 0 Å². The van der Waals surface area contributed by atoms with Crippen molar-refractivity contribution in [3.8, 4) is 0 Å². The first-order valence-electron chi connectivity index (χ1n) is 4.68. The minimum atomic E-state index is -4.74. The van der Waals surface area contributed by atoms with E-state index in [9.17, 15) is 22.8 Å². The number of carbonyl (C=O) groups excluding carboxylic acids is 1. The lowest BCUT2D eigenvalue weighted by molar-refractivity contribution is -0.138. The summed E-state index contributed by atoms with van der Waals surface area (Å²) in [7, 11) is 0. The van der Waals surface area contributed by atoms with Crippen molar-refractivity contribution in [2.45, 2.75) is 6.18 Å². The second-order valence-corrected chi connectivity index (χ2v) is 3.38. The molecule has 0 heterocycles. The second kappa shape index (κ2) is 4.94. The summed E-state index contributed by atoms with van der Waals surface area (Å²) in [5.74, 6) is -2.47. The van der Waals surface area contributed by atoms with Crippen LogP contribution in [0, 0.1) is 0 Å². The molecule has 0 saturated heterocycles. The van der Waals surface area contributed by atoms with E-state index >= 15 is 0 Å². The SMILES string of the molecule is Nc1ccc(C(=O)NCC(=O)O)c(C(F)(F)F)c1. The number of aliphatic carboxylic acids is 1. The number of hydrogen-bond donors (Lipinski definition) is 3. The summed E-state index contributed by atoms with van der Waals surface area (Å²) in [5, 5.41) is 10.2. The van der Waals surface area contributed by atoms with Crippen LogP contribution in [-0.4, -0.2) is 23.5 Å². The molecular formula is C10H9F3N2O3. The highest BCUT2D eigenvalue weighted by Gasteiger charge is 2.35. The summed E-state index contributed by atoms with van der Waals surface area (Å²) >= 11 is 0. The zero-order valence-electron chi connectivity index (χ0n) is 8.91. The van der Waals surface area contributed by atoms with Crippen molar-refractivity contribution in [1.82, 2.24) is 5.32 Å². The fourth-order valence-corrected chi connectivity index (χ4v) is 1.25. The third kappa shape index (κ3) is 3.37. The Kier molecular flexibility index (Phi) is 3.79. The summed E-state index contributed by atoms with van der Waals surface area (Å²) in [6, 6.07) is 2.65. The van der Waals surface area contributed by atoms with Crippen LogP contribution in [-0.2, 0) is 11.0 Å². The number of carboxylic acid groups (broad SMARTS) is 1. The summed E-state index contributed by atoms with van der Waals surface area (Å²) in [4.78, 5) is 21.6. The molecule has 1 aromatic carbocycles. The van der Waals surface area contributed by atoms with Crippen molar-refractivity contribution in [3.63, 3.8) is 0 Å². The maximum absolute atomic E-state index is 12.6. The third-order valence-corrected chi connectivity index (χ3v) is 1.99. The van der Waals surface area contributed by atoms with E-state index in [2.05, 4.69) is 0 Å². The summed E-state index contributed by atoms with van der Waals surface area (Å²) < 4.78 is 37.9. The van der Waals surface area contributed by atoms with Crippen LogP contribution in [0.25, 0.3) is 0 Å². The van der Waals surface area contributed by atoms with Gasteiger partial charge in [-0.15, -0.1) is 0 Å². The first-order valence-corrected chi connectivity index (χ1v) is 4.68. The van der Waals surface area contributed by atoms with Gasteiger partial charge in [-0.05, 0) is 18.2 Å². The highest BCUT2D eigenvalue weighted by molar-refractivity contribution is 5.97. The smallest absolute Gasteiger partial charge is 0.417 e. The largest absolute Gasteiger partial charge is 0.480 e. The van der Waals surface area contributed by atoms with Gasteiger partial charge in [-0.3, -0.25) is 9.59 Å². The highest BCUT2D eigenvalue weighted by atomic mass is 19.4. The first kappa shape index (κ1) is 13.8. The molecule has 5 nitrogen and oxygen atoms in total. The number of carbonyl (C=O) groups is 2. The number of nitrogen functional groups attached to an aromatic ring is 1. The second-order valence-electron chi connectivity index (χ2n) is 3.38. The van der Waals surface area contributed by atoms with E-state index in [0.29, 0.717) is 6.07 Å². The van der Waals surface area contributed by atoms with E-state index in [4.69, 9.17) is 10.8 Å². The number of alkyl halides is 3. The molecule has 1 aromatic rings. The minimum absolute atomic E-state index is 0.142. The summed E-state index contributed by atoms with van der Waals surface area (Å²) in [5.41, 5.74) is 3.21. The van der Waals surface area contributed by atoms with Gasteiger partial charge in [-0.2, -0.15) is 13.2 Å². The van der Waals surface area contributed by atoms with Gasteiger partial charge in [0.25, 0.3) is 5.91 Å². The lowest BCUT2D eigenvalue weighted by Gasteiger charge is -2.12. The quantitative estimate of drug-likeness (QED) is 0.711. The van der Waals surface area contributed by atoms with E-state index in [1.165, 1.54) is 0 Å². The number of amides is 1. The van der Waals surface area contributed by atoms with Gasteiger partial charge in [0.1, 0.15) is 6.54 Å². The van der Waals surface area contributed by atoms with Gasteiger partial charge in [-0.25, -0.2) is 0 Å². The van der Waals surface area contributed by atoms with Crippen LogP contribution in [0.3, 0.4) is 0 Å². The zero-order valence-corrected chi connectivity index (χ0v) is 8.91. The van der Waals surface area contributed by atoms with Gasteiger partial charge >= 0.3 is 12.1 Å². The number of nitrogens with one attached hydrogen (secondary N) is 1. The molecule has 0 fully saturated rings. The number of nitrogens with two attached hydrogens (primary N) is 1. The van der Waals surface area contributed by atoms with Crippen LogP contribution in [0.15, 0.2) is 18.2 Å². The number of anilines is 1. The normalized spacial score (nSPS) is 11.1. The van der Waals surface area contributed by atoms with Gasteiger partial charge < -0.3 is 16.2 Å². The average molecular weight is 262 g/mol. The fourth-order valence-electron chi connectivity index (χ4n) is 1.25. The number of halogens is 3. The number of hydrogen-bond acceptors (Lipinski definition) is 3. The van der Waals surface area contributed by atoms with Crippen LogP contribution >= 0.6 is 0 Å². The molecule has 98 valence electrons. The molecule has 18 heavy (non-hydrogen) atoms. The standard InChI is InChI=1S/C10H9F3N2O3/c11-10(12,13)7-3-5(14)1-2-6(7)9(18)15-4-8(16)17/h1-3H,4,14H2,(H,15,18)(H,16,17). The summed E-state index contributed by atoms with van der Waals surface area (Å²) in [6.07, 6.45) is -4.74. The van der Waals surface area contributed by atoms with Crippen molar-refractivity contribution in [2.75, 3.05) is 12.3 Å². The zero-order chi connectivity index (χ0) is 13.9. The van der Waals surface area contributed by atoms with Crippen LogP contribution in [0.4, 0.5) is 18.9 Å². The molecule has 0 aliphatic carbocycles. The molecule has 0 saturated carbocycles. The molecule has 0 unspecified atom stereocenters. The molecule has 0 spiro atoms. The Morgan fingerprint density at radius 2 is 1.94 bits per heavy atom. The van der Waals surface area contributed by atoms with E-state index in [-0.39, 0.29) is 5.69 Å². The molecule has 0 atom stereocenters. The molecule has 1 rings (SSSR count). The monoisotopic (exact) mass is 262 g/mol. The van der Waals surface area contributed by atoms with E-state index < -0.39 is 35.7 Å². The maximum atomic E-state index is 12.6. The molecule has 0 aliphatic rings. The molecular weight excluding hydrogens is 253 g/mol. The Labute approximate surface area is 99.4 Å². The number of rotatable bonds is 3. The first-order chi connectivity index (χ1) is 8.21. The number of benzene rings is 1. The van der Waals surface area contributed by atoms with Crippen LogP contribution < -0.4 is 11.1 Å². The predicted molar refractivity (Wildman–Crippen MR) is 55.8 cm³/mol. The minimum Gasteiger partial charge on any atom is -0.480 e. The van der Waals surface area contributed by atoms with E-state index in [1.807, 2.05) is 5.32 Å². The molecule has 8 heteroatoms. The average Bonchev–Trinajstić information content (AvgIpc) is 2.24. The molecule has 0 aromatic heterocycles. The predicted octanol–water partition coefficient (Wildman–Crippen LogP) is 1.10. The summed E-state index contributed by atoms with van der Waals surface area (Å²) in [6.45, 7) is -0.763. The Morgan fingerprint density at radius 3 is 2.44 bits per heavy atom. The molecule has 0 bridgehead atoms. The molecule has 0 aliphatic heterocycles. The Hall–Kier alpha value is -2.25. The van der Waals surface area contributed by atoms with Crippen LogP contribution in [0.5, 0.6) is 0 Å². The Morgan fingerprint density at radius 1 is 1.33 bits per heavy atom. The maximum Gasteiger partial charge on any atom is 0.417 e. The highest BCUT2D eigenvalue weighted by Crippen LogP contribution is 2.33.